The molecule has 0 bridgehead atoms. The average Bonchev–Trinajstić information content (AvgIpc) is 3.43. The van der Waals surface area contributed by atoms with Gasteiger partial charge in [0.2, 0.25) is 10.0 Å². The van der Waals surface area contributed by atoms with E-state index in [-0.39, 0.29) is 16.8 Å². The monoisotopic (exact) mass is 596 g/mol. The minimum absolute atomic E-state index is 0.178. The zero-order chi connectivity index (χ0) is 30.0. The topological polar surface area (TPSA) is 136 Å². The summed E-state index contributed by atoms with van der Waals surface area (Å²) in [6, 6.07) is 24.3. The lowest BCUT2D eigenvalue weighted by molar-refractivity contribution is 0.0409. The van der Waals surface area contributed by atoms with Gasteiger partial charge in [-0.3, -0.25) is 4.79 Å². The molecule has 2 heterocycles. The third-order valence-corrected chi connectivity index (χ3v) is 8.91. The summed E-state index contributed by atoms with van der Waals surface area (Å²) in [6.45, 7) is 4.79. The number of benzene rings is 4. The fourth-order valence-corrected chi connectivity index (χ4v) is 6.44. The highest BCUT2D eigenvalue weighted by Gasteiger charge is 2.25. The van der Waals surface area contributed by atoms with E-state index in [9.17, 15) is 18.0 Å². The molecular weight excluding hydrogens is 568 g/mol. The molecule has 43 heavy (non-hydrogen) atoms. The van der Waals surface area contributed by atoms with Gasteiger partial charge < -0.3 is 15.1 Å². The van der Waals surface area contributed by atoms with Crippen molar-refractivity contribution in [2.24, 2.45) is 0 Å². The molecule has 218 valence electrons. The highest BCUT2D eigenvalue weighted by atomic mass is 32.2. The summed E-state index contributed by atoms with van der Waals surface area (Å²) in [5.41, 5.74) is 2.38. The molecule has 0 aliphatic carbocycles. The number of nitrogens with one attached hydrogen (secondary N) is 2. The van der Waals surface area contributed by atoms with E-state index < -0.39 is 16.0 Å². The number of fused-ring (bicyclic) bond motifs is 2. The average molecular weight is 597 g/mol. The van der Waals surface area contributed by atoms with Crippen molar-refractivity contribution in [3.8, 4) is 0 Å². The molecule has 1 fully saturated rings. The van der Waals surface area contributed by atoms with E-state index in [0.29, 0.717) is 48.1 Å². The van der Waals surface area contributed by atoms with E-state index in [0.717, 1.165) is 21.3 Å². The van der Waals surface area contributed by atoms with E-state index in [2.05, 4.69) is 31.8 Å². The first kappa shape index (κ1) is 28.1. The lowest BCUT2D eigenvalue weighted by Gasteiger charge is -2.33. The first-order valence-corrected chi connectivity index (χ1v) is 15.1. The van der Waals surface area contributed by atoms with Gasteiger partial charge in [-0.1, -0.05) is 41.8 Å². The van der Waals surface area contributed by atoms with Crippen molar-refractivity contribution >= 4 is 49.4 Å². The highest BCUT2D eigenvalue weighted by molar-refractivity contribution is 7.89. The number of aromatic nitrogens is 3. The zero-order valence-electron chi connectivity index (χ0n) is 23.0. The van der Waals surface area contributed by atoms with E-state index >= 15 is 0 Å². The van der Waals surface area contributed by atoms with Crippen LogP contribution in [0.2, 0.25) is 0 Å². The fourth-order valence-electron chi connectivity index (χ4n) is 5.10. The molecule has 1 amide bonds. The van der Waals surface area contributed by atoms with Crippen LogP contribution in [0.5, 0.6) is 0 Å². The highest BCUT2D eigenvalue weighted by Crippen LogP contribution is 2.24. The number of carbonyl (C=O) groups excluding carboxylic acids is 2. The Morgan fingerprint density at radius 1 is 0.907 bits per heavy atom. The maximum absolute atomic E-state index is 13.1. The number of nitrogens with zero attached hydrogens (tertiary/aromatic N) is 4. The number of hydrogen-bond acceptors (Lipinski definition) is 8. The molecule has 0 spiro atoms. The van der Waals surface area contributed by atoms with Crippen molar-refractivity contribution in [1.29, 1.82) is 0 Å². The third-order valence-electron chi connectivity index (χ3n) is 7.40. The molecule has 11 nitrogen and oxygen atoms in total. The SMILES string of the molecule is C=CNC(=O)c1ccc2nnn(OC(=O)c3ccc(N4CCC(NS(=O)(=O)c5ccc6ccccc6c5)CC4)cc3)c2c1. The number of rotatable bonds is 8. The number of piperidine rings is 1. The van der Waals surface area contributed by atoms with Crippen LogP contribution in [0, 0.1) is 0 Å². The van der Waals surface area contributed by atoms with E-state index in [1.807, 2.05) is 42.5 Å². The van der Waals surface area contributed by atoms with Crippen molar-refractivity contribution in [3.63, 3.8) is 0 Å². The Hall–Kier alpha value is -5.07. The van der Waals surface area contributed by atoms with Crippen LogP contribution in [-0.4, -0.2) is 54.6 Å². The second kappa shape index (κ2) is 11.7. The quantitative estimate of drug-likeness (QED) is 0.259. The van der Waals surface area contributed by atoms with E-state index in [1.54, 1.807) is 36.4 Å². The smallest absolute Gasteiger partial charge is 0.365 e. The van der Waals surface area contributed by atoms with Gasteiger partial charge in [0.25, 0.3) is 5.91 Å². The van der Waals surface area contributed by atoms with Crippen LogP contribution in [0.15, 0.2) is 103 Å². The second-order valence-corrected chi connectivity index (χ2v) is 11.9. The van der Waals surface area contributed by atoms with Crippen molar-refractivity contribution in [1.82, 2.24) is 25.2 Å². The predicted octanol–water partition coefficient (Wildman–Crippen LogP) is 3.67. The van der Waals surface area contributed by atoms with Gasteiger partial charge in [-0.2, -0.15) is 0 Å². The molecule has 1 aromatic heterocycles. The van der Waals surface area contributed by atoms with Gasteiger partial charge in [0.1, 0.15) is 11.0 Å². The summed E-state index contributed by atoms with van der Waals surface area (Å²) in [5, 5.41) is 12.2. The summed E-state index contributed by atoms with van der Waals surface area (Å²) in [5.74, 6) is -1.00. The van der Waals surface area contributed by atoms with Crippen LogP contribution in [-0.2, 0) is 10.0 Å². The van der Waals surface area contributed by atoms with Crippen LogP contribution < -0.4 is 19.8 Å². The lowest BCUT2D eigenvalue weighted by atomic mass is 10.1. The van der Waals surface area contributed by atoms with Crippen LogP contribution in [0.1, 0.15) is 33.6 Å². The minimum Gasteiger partial charge on any atom is -0.371 e. The van der Waals surface area contributed by atoms with E-state index in [1.165, 1.54) is 12.3 Å². The van der Waals surface area contributed by atoms with Crippen LogP contribution >= 0.6 is 0 Å². The first-order valence-electron chi connectivity index (χ1n) is 13.7. The number of hydrogen-bond donors (Lipinski definition) is 2. The molecule has 5 aromatic rings. The Kier molecular flexibility index (Phi) is 7.61. The van der Waals surface area contributed by atoms with Gasteiger partial charge in [-0.25, -0.2) is 17.9 Å². The molecule has 0 saturated carbocycles. The third kappa shape index (κ3) is 5.96. The maximum Gasteiger partial charge on any atom is 0.365 e. The summed E-state index contributed by atoms with van der Waals surface area (Å²) >= 11 is 0. The number of anilines is 1. The summed E-state index contributed by atoms with van der Waals surface area (Å²) in [6.07, 6.45) is 2.56. The molecule has 4 aromatic carbocycles. The molecule has 1 saturated heterocycles. The summed E-state index contributed by atoms with van der Waals surface area (Å²) < 4.78 is 29.0. The van der Waals surface area contributed by atoms with Crippen molar-refractivity contribution in [2.45, 2.75) is 23.8 Å². The maximum atomic E-state index is 13.1. The molecule has 2 N–H and O–H groups in total. The van der Waals surface area contributed by atoms with Crippen molar-refractivity contribution in [2.75, 3.05) is 18.0 Å². The van der Waals surface area contributed by atoms with Crippen LogP contribution in [0.3, 0.4) is 0 Å². The van der Waals surface area contributed by atoms with Crippen LogP contribution in [0.4, 0.5) is 5.69 Å². The van der Waals surface area contributed by atoms with Crippen molar-refractivity contribution < 1.29 is 22.8 Å². The number of sulfonamides is 1. The second-order valence-electron chi connectivity index (χ2n) is 10.2. The molecule has 0 atom stereocenters. The van der Waals surface area contributed by atoms with Crippen LogP contribution in [0.25, 0.3) is 21.8 Å². The molecule has 1 aliphatic heterocycles. The van der Waals surface area contributed by atoms with Gasteiger partial charge in [-0.15, -0.1) is 5.10 Å². The molecule has 0 radical (unpaired) electrons. The zero-order valence-corrected chi connectivity index (χ0v) is 23.8. The van der Waals surface area contributed by atoms with Crippen molar-refractivity contribution in [3.05, 3.63) is 109 Å². The number of amides is 1. The predicted molar refractivity (Wildman–Crippen MR) is 162 cm³/mol. The molecular formula is C31H28N6O5S. The lowest BCUT2D eigenvalue weighted by Crippen LogP contribution is -2.44. The van der Waals surface area contributed by atoms with Gasteiger partial charge in [-0.05, 0) is 89.6 Å². The normalized spacial score (nSPS) is 14.1. The Morgan fingerprint density at radius 3 is 2.37 bits per heavy atom. The Labute approximate surface area is 247 Å². The minimum atomic E-state index is -3.65. The Bertz CT molecular complexity index is 1950. The number of carbonyl (C=O) groups is 2. The fraction of sp³-hybridized carbons (Fsp3) is 0.161. The Morgan fingerprint density at radius 2 is 1.63 bits per heavy atom. The van der Waals surface area contributed by atoms with Gasteiger partial charge >= 0.3 is 5.97 Å². The standard InChI is InChI=1S/C31H28N6O5S/c1-2-32-30(38)24-10-14-28-29(20-24)37(35-33-28)42-31(39)22-7-11-26(12-8-22)36-17-15-25(16-18-36)34-43(40,41)27-13-9-21-5-3-4-6-23(21)19-27/h2-14,19-20,25,34H,1,15-18H2,(H,32,38). The largest absolute Gasteiger partial charge is 0.371 e. The summed E-state index contributed by atoms with van der Waals surface area (Å²) in [4.78, 5) is 33.8. The first-order chi connectivity index (χ1) is 20.8. The molecule has 6 rings (SSSR count). The summed E-state index contributed by atoms with van der Waals surface area (Å²) in [7, 11) is -3.65. The molecule has 1 aliphatic rings. The van der Waals surface area contributed by atoms with E-state index in [4.69, 9.17) is 4.84 Å². The molecule has 0 unspecified atom stereocenters. The van der Waals surface area contributed by atoms with Gasteiger partial charge in [0, 0.05) is 30.4 Å². The van der Waals surface area contributed by atoms with Gasteiger partial charge in [0.05, 0.1) is 10.5 Å². The Balaban J connectivity index is 1.06. The van der Waals surface area contributed by atoms with Gasteiger partial charge in [0.15, 0.2) is 0 Å². The molecule has 12 heteroatoms.